The van der Waals surface area contributed by atoms with E-state index < -0.39 is 17.2 Å². The van der Waals surface area contributed by atoms with Crippen LogP contribution in [0.2, 0.25) is 0 Å². The number of hydrogen-bond acceptors (Lipinski definition) is 5. The minimum atomic E-state index is -0.912. The standard InChI is InChI=1S/C22H23F2NO4/c1-2-9-28-22(27)14-3-6-17(7-4-14)29-21-8-5-15(12-25-21)16-10-19(23)18(13-26)20(24)11-16/h5,8,10-14,17H,2-4,6-7,9H2,1H3. The van der Waals surface area contributed by atoms with E-state index >= 15 is 0 Å². The van der Waals surface area contributed by atoms with Gasteiger partial charge in [-0.2, -0.15) is 0 Å². The number of ether oxygens (including phenoxy) is 2. The summed E-state index contributed by atoms with van der Waals surface area (Å²) in [6.07, 6.45) is 5.30. The minimum Gasteiger partial charge on any atom is -0.474 e. The molecule has 1 saturated carbocycles. The molecule has 0 bridgehead atoms. The quantitative estimate of drug-likeness (QED) is 0.494. The molecular formula is C22H23F2NO4. The van der Waals surface area contributed by atoms with Crippen molar-refractivity contribution in [2.75, 3.05) is 6.61 Å². The first-order chi connectivity index (χ1) is 14.0. The van der Waals surface area contributed by atoms with Gasteiger partial charge in [0.1, 0.15) is 17.7 Å². The fourth-order valence-electron chi connectivity index (χ4n) is 3.39. The van der Waals surface area contributed by atoms with E-state index in [2.05, 4.69) is 4.98 Å². The summed E-state index contributed by atoms with van der Waals surface area (Å²) in [4.78, 5) is 26.9. The number of pyridine rings is 1. The minimum absolute atomic E-state index is 0.0367. The third kappa shape index (κ3) is 5.16. The zero-order chi connectivity index (χ0) is 20.8. The van der Waals surface area contributed by atoms with Gasteiger partial charge in [-0.1, -0.05) is 6.92 Å². The highest BCUT2D eigenvalue weighted by atomic mass is 19.1. The monoisotopic (exact) mass is 403 g/mol. The van der Waals surface area contributed by atoms with E-state index in [1.165, 1.54) is 6.20 Å². The Kier molecular flexibility index (Phi) is 6.90. The smallest absolute Gasteiger partial charge is 0.308 e. The Balaban J connectivity index is 1.58. The molecule has 1 aromatic carbocycles. The molecule has 0 N–H and O–H groups in total. The molecule has 1 aliphatic rings. The van der Waals surface area contributed by atoms with E-state index in [0.717, 1.165) is 31.4 Å². The van der Waals surface area contributed by atoms with Crippen molar-refractivity contribution < 1.29 is 27.8 Å². The van der Waals surface area contributed by atoms with E-state index in [9.17, 15) is 18.4 Å². The van der Waals surface area contributed by atoms with E-state index in [1.807, 2.05) is 6.92 Å². The normalized spacial score (nSPS) is 18.9. The number of rotatable bonds is 7. The number of hydrogen-bond donors (Lipinski definition) is 0. The highest BCUT2D eigenvalue weighted by Gasteiger charge is 2.28. The van der Waals surface area contributed by atoms with Gasteiger partial charge >= 0.3 is 5.97 Å². The number of carbonyl (C=O) groups is 2. The highest BCUT2D eigenvalue weighted by molar-refractivity contribution is 5.78. The molecular weight excluding hydrogens is 380 g/mol. The van der Waals surface area contributed by atoms with Crippen molar-refractivity contribution in [2.24, 2.45) is 5.92 Å². The maximum atomic E-state index is 13.8. The molecule has 0 radical (unpaired) electrons. The van der Waals surface area contributed by atoms with Crippen molar-refractivity contribution in [1.82, 2.24) is 4.98 Å². The SMILES string of the molecule is CCCOC(=O)C1CCC(Oc2ccc(-c3cc(F)c(C=O)c(F)c3)cn2)CC1. The van der Waals surface area contributed by atoms with E-state index in [1.54, 1.807) is 12.1 Å². The van der Waals surface area contributed by atoms with Crippen LogP contribution >= 0.6 is 0 Å². The summed E-state index contributed by atoms with van der Waals surface area (Å²) in [7, 11) is 0. The number of benzene rings is 1. The predicted molar refractivity (Wildman–Crippen MR) is 103 cm³/mol. The molecule has 2 aromatic rings. The molecule has 5 nitrogen and oxygen atoms in total. The molecule has 0 aliphatic heterocycles. The Morgan fingerprint density at radius 2 is 1.83 bits per heavy atom. The molecule has 29 heavy (non-hydrogen) atoms. The number of esters is 1. The van der Waals surface area contributed by atoms with Crippen LogP contribution in [0.1, 0.15) is 49.4 Å². The second kappa shape index (κ2) is 9.58. The van der Waals surface area contributed by atoms with Crippen LogP contribution < -0.4 is 4.74 Å². The number of carbonyl (C=O) groups excluding carboxylic acids is 2. The van der Waals surface area contributed by atoms with Gasteiger partial charge in [-0.25, -0.2) is 13.8 Å². The first-order valence-electron chi connectivity index (χ1n) is 9.75. The molecule has 0 spiro atoms. The predicted octanol–water partition coefficient (Wildman–Crippen LogP) is 4.73. The van der Waals surface area contributed by atoms with Crippen LogP contribution in [0.3, 0.4) is 0 Å². The first kappa shape index (κ1) is 20.9. The highest BCUT2D eigenvalue weighted by Crippen LogP contribution is 2.29. The summed E-state index contributed by atoms with van der Waals surface area (Å²) in [5, 5.41) is 0. The van der Waals surface area contributed by atoms with Crippen molar-refractivity contribution in [2.45, 2.75) is 45.1 Å². The lowest BCUT2D eigenvalue weighted by atomic mass is 9.87. The molecule has 3 rings (SSSR count). The fourth-order valence-corrected chi connectivity index (χ4v) is 3.39. The summed E-state index contributed by atoms with van der Waals surface area (Å²) in [6, 6.07) is 5.50. The maximum absolute atomic E-state index is 13.8. The number of nitrogens with zero attached hydrogens (tertiary/aromatic N) is 1. The molecule has 1 heterocycles. The van der Waals surface area contributed by atoms with Gasteiger partial charge in [-0.15, -0.1) is 0 Å². The summed E-state index contributed by atoms with van der Waals surface area (Å²) in [5.41, 5.74) is 0.210. The van der Waals surface area contributed by atoms with Gasteiger partial charge in [0.05, 0.1) is 18.1 Å². The van der Waals surface area contributed by atoms with Gasteiger partial charge in [0.25, 0.3) is 0 Å². The third-order valence-electron chi connectivity index (χ3n) is 5.01. The van der Waals surface area contributed by atoms with Gasteiger partial charge in [-0.05, 0) is 55.9 Å². The molecule has 7 heteroatoms. The Hall–Kier alpha value is -2.83. The van der Waals surface area contributed by atoms with Crippen LogP contribution in [-0.2, 0) is 9.53 Å². The van der Waals surface area contributed by atoms with Crippen LogP contribution in [0.25, 0.3) is 11.1 Å². The van der Waals surface area contributed by atoms with Crippen LogP contribution in [0.5, 0.6) is 5.88 Å². The lowest BCUT2D eigenvalue weighted by molar-refractivity contribution is -0.150. The zero-order valence-electron chi connectivity index (χ0n) is 16.2. The Morgan fingerprint density at radius 3 is 2.38 bits per heavy atom. The number of halogens is 2. The lowest BCUT2D eigenvalue weighted by Crippen LogP contribution is -2.29. The van der Waals surface area contributed by atoms with Crippen LogP contribution in [0.15, 0.2) is 30.5 Å². The van der Waals surface area contributed by atoms with Crippen LogP contribution in [0.4, 0.5) is 8.78 Å². The molecule has 0 unspecified atom stereocenters. The van der Waals surface area contributed by atoms with Crippen molar-refractivity contribution in [3.8, 4) is 17.0 Å². The Morgan fingerprint density at radius 1 is 1.14 bits per heavy atom. The van der Waals surface area contributed by atoms with Gasteiger partial charge in [0, 0.05) is 17.8 Å². The second-order valence-corrected chi connectivity index (χ2v) is 7.12. The van der Waals surface area contributed by atoms with E-state index in [0.29, 0.717) is 30.9 Å². The number of aromatic nitrogens is 1. The third-order valence-corrected chi connectivity index (χ3v) is 5.01. The van der Waals surface area contributed by atoms with E-state index in [-0.39, 0.29) is 29.8 Å². The maximum Gasteiger partial charge on any atom is 0.308 e. The van der Waals surface area contributed by atoms with Gasteiger partial charge in [-0.3, -0.25) is 9.59 Å². The largest absolute Gasteiger partial charge is 0.474 e. The first-order valence-corrected chi connectivity index (χ1v) is 9.75. The molecule has 1 aromatic heterocycles. The average Bonchev–Trinajstić information content (AvgIpc) is 2.73. The van der Waals surface area contributed by atoms with Crippen molar-refractivity contribution in [3.63, 3.8) is 0 Å². The molecule has 1 aliphatic carbocycles. The molecule has 0 atom stereocenters. The van der Waals surface area contributed by atoms with Gasteiger partial charge in [0.15, 0.2) is 6.29 Å². The van der Waals surface area contributed by atoms with Crippen molar-refractivity contribution in [1.29, 1.82) is 0 Å². The summed E-state index contributed by atoms with van der Waals surface area (Å²) >= 11 is 0. The van der Waals surface area contributed by atoms with Gasteiger partial charge < -0.3 is 9.47 Å². The van der Waals surface area contributed by atoms with Crippen LogP contribution in [0, 0.1) is 17.6 Å². The van der Waals surface area contributed by atoms with Crippen molar-refractivity contribution >= 4 is 12.3 Å². The zero-order valence-corrected chi connectivity index (χ0v) is 16.2. The molecule has 0 saturated heterocycles. The van der Waals surface area contributed by atoms with E-state index in [4.69, 9.17) is 9.47 Å². The van der Waals surface area contributed by atoms with Crippen LogP contribution in [-0.4, -0.2) is 30.0 Å². The Labute approximate surface area is 168 Å². The Bertz CT molecular complexity index is 839. The number of aldehydes is 1. The summed E-state index contributed by atoms with van der Waals surface area (Å²) < 4.78 is 38.7. The van der Waals surface area contributed by atoms with Gasteiger partial charge in [0.2, 0.25) is 5.88 Å². The van der Waals surface area contributed by atoms with Crippen molar-refractivity contribution in [3.05, 3.63) is 47.7 Å². The topological polar surface area (TPSA) is 65.5 Å². The molecule has 1 fully saturated rings. The molecule has 154 valence electrons. The second-order valence-electron chi connectivity index (χ2n) is 7.12. The summed E-state index contributed by atoms with van der Waals surface area (Å²) in [5.74, 6) is -1.62. The summed E-state index contributed by atoms with van der Waals surface area (Å²) in [6.45, 7) is 2.42. The fraction of sp³-hybridized carbons (Fsp3) is 0.409. The average molecular weight is 403 g/mol. The lowest BCUT2D eigenvalue weighted by Gasteiger charge is -2.27. The molecule has 0 amide bonds.